The van der Waals surface area contributed by atoms with Crippen LogP contribution in [0.2, 0.25) is 0 Å². The number of ether oxygens (including phenoxy) is 1. The average Bonchev–Trinajstić information content (AvgIpc) is 3.27. The van der Waals surface area contributed by atoms with E-state index in [0.717, 1.165) is 23.9 Å². The molecule has 10 heteroatoms. The molecule has 42 heavy (non-hydrogen) atoms. The van der Waals surface area contributed by atoms with Crippen LogP contribution in [0, 0.1) is 11.8 Å². The molecule has 1 heterocycles. The lowest BCUT2D eigenvalue weighted by Gasteiger charge is -2.29. The smallest absolute Gasteiger partial charge is 0.407 e. The molecule has 1 saturated carbocycles. The summed E-state index contributed by atoms with van der Waals surface area (Å²) in [5, 5.41) is 18.8. The van der Waals surface area contributed by atoms with Crippen molar-refractivity contribution in [1.29, 1.82) is 0 Å². The van der Waals surface area contributed by atoms with Gasteiger partial charge >= 0.3 is 12.1 Å². The molecule has 0 unspecified atom stereocenters. The van der Waals surface area contributed by atoms with Crippen LogP contribution in [-0.2, 0) is 27.8 Å². The number of nitrogens with zero attached hydrogens (tertiary/aromatic N) is 1. The normalized spacial score (nSPS) is 17.7. The molecule has 3 aromatic rings. The van der Waals surface area contributed by atoms with E-state index in [2.05, 4.69) is 16.0 Å². The van der Waals surface area contributed by atoms with E-state index in [9.17, 15) is 24.3 Å². The number of aryl methyl sites for hydroxylation is 1. The molecule has 4 rings (SSSR count). The summed E-state index contributed by atoms with van der Waals surface area (Å²) in [6.45, 7) is 5.96. The van der Waals surface area contributed by atoms with Crippen molar-refractivity contribution < 1.29 is 29.0 Å². The molecule has 4 N–H and O–H groups in total. The molecule has 1 aromatic heterocycles. The maximum absolute atomic E-state index is 13.5. The van der Waals surface area contributed by atoms with E-state index in [0.29, 0.717) is 36.9 Å². The molecule has 0 spiro atoms. The molecule has 0 aliphatic heterocycles. The number of rotatable bonds is 9. The first kappa shape index (κ1) is 30.6. The highest BCUT2D eigenvalue weighted by Gasteiger charge is 2.30. The number of alkyl carbamates (subject to hydrolysis) is 1. The van der Waals surface area contributed by atoms with Crippen molar-refractivity contribution in [3.05, 3.63) is 65.9 Å². The third kappa shape index (κ3) is 8.11. The Balaban J connectivity index is 1.38. The minimum atomic E-state index is -1.03. The first-order chi connectivity index (χ1) is 19.9. The number of anilines is 1. The summed E-state index contributed by atoms with van der Waals surface area (Å²) < 4.78 is 6.89. The molecule has 2 aromatic carbocycles. The molecule has 10 nitrogen and oxygen atoms in total. The van der Waals surface area contributed by atoms with E-state index >= 15 is 0 Å². The number of carbonyl (C=O) groups is 4. The molecular weight excluding hydrogens is 536 g/mol. The van der Waals surface area contributed by atoms with Gasteiger partial charge in [-0.15, -0.1) is 0 Å². The molecule has 0 saturated heterocycles. The Bertz CT molecular complexity index is 1430. The fourth-order valence-corrected chi connectivity index (χ4v) is 5.38. The van der Waals surface area contributed by atoms with Crippen LogP contribution < -0.4 is 16.0 Å². The van der Waals surface area contributed by atoms with Gasteiger partial charge in [0.25, 0.3) is 0 Å². The molecule has 0 radical (unpaired) electrons. The fourth-order valence-electron chi connectivity index (χ4n) is 5.38. The Morgan fingerprint density at radius 2 is 1.69 bits per heavy atom. The van der Waals surface area contributed by atoms with Crippen LogP contribution in [0.1, 0.15) is 62.5 Å². The lowest BCUT2D eigenvalue weighted by Crippen LogP contribution is -2.48. The predicted molar refractivity (Wildman–Crippen MR) is 160 cm³/mol. The van der Waals surface area contributed by atoms with Crippen molar-refractivity contribution in [3.63, 3.8) is 0 Å². The maximum Gasteiger partial charge on any atom is 0.407 e. The number of aromatic nitrogens is 1. The number of amides is 3. The third-order valence-corrected chi connectivity index (χ3v) is 7.60. The van der Waals surface area contributed by atoms with Crippen LogP contribution in [0.25, 0.3) is 10.9 Å². The number of benzene rings is 2. The van der Waals surface area contributed by atoms with Crippen molar-refractivity contribution in [2.24, 2.45) is 18.9 Å². The molecule has 0 bridgehead atoms. The number of nitrogens with one attached hydrogen (secondary N) is 3. The largest absolute Gasteiger partial charge is 0.477 e. The monoisotopic (exact) mass is 576 g/mol. The Kier molecular flexibility index (Phi) is 9.55. The second kappa shape index (κ2) is 13.1. The summed E-state index contributed by atoms with van der Waals surface area (Å²) in [4.78, 5) is 50.3. The first-order valence-corrected chi connectivity index (χ1v) is 14.3. The maximum atomic E-state index is 13.5. The summed E-state index contributed by atoms with van der Waals surface area (Å²) in [7, 11) is 1.68. The van der Waals surface area contributed by atoms with Gasteiger partial charge in [0.1, 0.15) is 17.3 Å². The number of aromatic carboxylic acids is 1. The zero-order valence-corrected chi connectivity index (χ0v) is 24.6. The van der Waals surface area contributed by atoms with Crippen LogP contribution >= 0.6 is 0 Å². The zero-order valence-electron chi connectivity index (χ0n) is 24.6. The van der Waals surface area contributed by atoms with Crippen molar-refractivity contribution in [2.45, 2.75) is 64.5 Å². The highest BCUT2D eigenvalue weighted by molar-refractivity contribution is 6.00. The number of hydrogen-bond donors (Lipinski definition) is 4. The van der Waals surface area contributed by atoms with E-state index in [4.69, 9.17) is 4.74 Å². The van der Waals surface area contributed by atoms with Gasteiger partial charge in [0.2, 0.25) is 11.8 Å². The minimum Gasteiger partial charge on any atom is -0.477 e. The SMILES string of the molecule is Cn1c(C(=O)O)cc2cc(NC(=O)[C@H](Cc3ccccc3)NC(=O)C3CCC(CNC(=O)OC(C)(C)C)CC3)ccc21. The summed E-state index contributed by atoms with van der Waals surface area (Å²) in [5.41, 5.74) is 1.76. The van der Waals surface area contributed by atoms with Gasteiger partial charge in [0, 0.05) is 42.5 Å². The van der Waals surface area contributed by atoms with Crippen LogP contribution in [0.15, 0.2) is 54.6 Å². The van der Waals surface area contributed by atoms with Crippen molar-refractivity contribution in [1.82, 2.24) is 15.2 Å². The van der Waals surface area contributed by atoms with Gasteiger partial charge in [-0.25, -0.2) is 9.59 Å². The Labute approximate surface area is 245 Å². The number of carboxylic acids is 1. The fraction of sp³-hybridized carbons (Fsp3) is 0.438. The van der Waals surface area contributed by atoms with E-state index in [-0.39, 0.29) is 29.3 Å². The quantitative estimate of drug-likeness (QED) is 0.287. The highest BCUT2D eigenvalue weighted by atomic mass is 16.6. The Morgan fingerprint density at radius 3 is 2.33 bits per heavy atom. The van der Waals surface area contributed by atoms with Gasteiger partial charge in [-0.3, -0.25) is 9.59 Å². The van der Waals surface area contributed by atoms with Crippen LogP contribution in [0.3, 0.4) is 0 Å². The van der Waals surface area contributed by atoms with Crippen molar-refractivity contribution in [3.8, 4) is 0 Å². The van der Waals surface area contributed by atoms with Crippen molar-refractivity contribution >= 4 is 40.5 Å². The summed E-state index contributed by atoms with van der Waals surface area (Å²) in [6.07, 6.45) is 2.80. The standard InChI is InChI=1S/C32H40N4O6/c1-32(2,3)42-31(41)33-19-21-10-12-22(13-11-21)28(37)35-25(16-20-8-6-5-7-9-20)29(38)34-24-14-15-26-23(17-24)18-27(30(39)40)36(26)4/h5-9,14-15,17-18,21-22,25H,10-13,16,19H2,1-4H3,(H,33,41)(H,34,38)(H,35,37)(H,39,40)/t21?,22?,25-/m0/s1. The lowest BCUT2D eigenvalue weighted by atomic mass is 9.81. The second-order valence-corrected chi connectivity index (χ2v) is 12.0. The first-order valence-electron chi connectivity index (χ1n) is 14.3. The molecule has 1 atom stereocenters. The number of carboxylic acid groups (broad SMARTS) is 1. The number of carbonyl (C=O) groups excluding carboxylic acids is 3. The summed E-state index contributed by atoms with van der Waals surface area (Å²) >= 11 is 0. The van der Waals surface area contributed by atoms with E-state index in [1.807, 2.05) is 51.1 Å². The van der Waals surface area contributed by atoms with E-state index in [1.54, 1.807) is 35.9 Å². The van der Waals surface area contributed by atoms with Crippen LogP contribution in [0.4, 0.5) is 10.5 Å². The minimum absolute atomic E-state index is 0.151. The second-order valence-electron chi connectivity index (χ2n) is 12.0. The van der Waals surface area contributed by atoms with Crippen LogP contribution in [-0.4, -0.2) is 51.7 Å². The average molecular weight is 577 g/mol. The molecule has 3 amide bonds. The third-order valence-electron chi connectivity index (χ3n) is 7.60. The van der Waals surface area contributed by atoms with Gasteiger partial charge in [0.15, 0.2) is 0 Å². The number of hydrogen-bond acceptors (Lipinski definition) is 5. The lowest BCUT2D eigenvalue weighted by molar-refractivity contribution is -0.130. The highest BCUT2D eigenvalue weighted by Crippen LogP contribution is 2.29. The van der Waals surface area contributed by atoms with Crippen LogP contribution in [0.5, 0.6) is 0 Å². The molecule has 224 valence electrons. The Hall–Kier alpha value is -4.34. The van der Waals surface area contributed by atoms with E-state index < -0.39 is 23.7 Å². The molecule has 1 fully saturated rings. The van der Waals surface area contributed by atoms with E-state index in [1.165, 1.54) is 0 Å². The summed E-state index contributed by atoms with van der Waals surface area (Å²) in [6, 6.07) is 15.5. The van der Waals surface area contributed by atoms with Gasteiger partial charge in [0.05, 0.1) is 0 Å². The predicted octanol–water partition coefficient (Wildman–Crippen LogP) is 4.87. The molecular formula is C32H40N4O6. The zero-order chi connectivity index (χ0) is 30.4. The summed E-state index contributed by atoms with van der Waals surface area (Å²) in [5.74, 6) is -1.49. The van der Waals surface area contributed by atoms with Gasteiger partial charge < -0.3 is 30.4 Å². The topological polar surface area (TPSA) is 139 Å². The van der Waals surface area contributed by atoms with Gasteiger partial charge in [-0.1, -0.05) is 30.3 Å². The number of fused-ring (bicyclic) bond motifs is 1. The van der Waals surface area contributed by atoms with Gasteiger partial charge in [-0.05, 0) is 82.2 Å². The molecule has 1 aliphatic rings. The molecule has 1 aliphatic carbocycles. The Morgan fingerprint density at radius 1 is 1.00 bits per heavy atom. The van der Waals surface area contributed by atoms with Crippen molar-refractivity contribution in [2.75, 3.05) is 11.9 Å². The van der Waals surface area contributed by atoms with Gasteiger partial charge in [-0.2, -0.15) is 0 Å².